The Balaban J connectivity index is 2.52. The van der Waals surface area contributed by atoms with E-state index < -0.39 is 0 Å². The second kappa shape index (κ2) is 3.55. The smallest absolute Gasteiger partial charge is 0.253 e. The van der Waals surface area contributed by atoms with Gasteiger partial charge in [0.1, 0.15) is 0 Å². The lowest BCUT2D eigenvalue weighted by Crippen LogP contribution is -2.34. The number of nitrogens with two attached hydrogens (primary N) is 1. The summed E-state index contributed by atoms with van der Waals surface area (Å²) < 4.78 is 0. The minimum Gasteiger partial charge on any atom is -0.398 e. The third-order valence-electron chi connectivity index (χ3n) is 2.83. The van der Waals surface area contributed by atoms with E-state index in [4.69, 9.17) is 10.8 Å². The number of nitrogen functional groups attached to an aromatic ring is 1. The Morgan fingerprint density at radius 2 is 2.27 bits per heavy atom. The minimum atomic E-state index is -0.0802. The summed E-state index contributed by atoms with van der Waals surface area (Å²) >= 11 is 0. The van der Waals surface area contributed by atoms with E-state index in [0.29, 0.717) is 16.8 Å². The number of nitrogens with zero attached hydrogens (tertiary/aromatic N) is 1. The summed E-state index contributed by atoms with van der Waals surface area (Å²) in [6.45, 7) is 0.643. The van der Waals surface area contributed by atoms with Gasteiger partial charge in [-0.2, -0.15) is 0 Å². The first-order chi connectivity index (χ1) is 7.13. The first-order valence-electron chi connectivity index (χ1n) is 4.91. The molecule has 1 heterocycles. The van der Waals surface area contributed by atoms with E-state index in [1.807, 2.05) is 6.07 Å². The number of carbonyl (C=O) groups is 1. The molecule has 1 aliphatic rings. The van der Waals surface area contributed by atoms with Gasteiger partial charge in [-0.15, -0.1) is 0 Å². The van der Waals surface area contributed by atoms with Gasteiger partial charge in [0, 0.05) is 30.4 Å². The zero-order chi connectivity index (χ0) is 11.0. The van der Waals surface area contributed by atoms with Crippen molar-refractivity contribution in [3.8, 4) is 0 Å². The maximum Gasteiger partial charge on any atom is 0.253 e. The highest BCUT2D eigenvalue weighted by Gasteiger charge is 2.22. The van der Waals surface area contributed by atoms with E-state index >= 15 is 0 Å². The molecule has 0 unspecified atom stereocenters. The molecule has 0 aliphatic carbocycles. The number of amides is 1. The Bertz CT molecular complexity index is 415. The van der Waals surface area contributed by atoms with E-state index in [-0.39, 0.29) is 12.5 Å². The molecule has 3 N–H and O–H groups in total. The van der Waals surface area contributed by atoms with Crippen LogP contribution in [0.1, 0.15) is 21.5 Å². The molecule has 0 atom stereocenters. The van der Waals surface area contributed by atoms with Crippen molar-refractivity contribution in [2.75, 3.05) is 19.3 Å². The number of benzene rings is 1. The van der Waals surface area contributed by atoms with Crippen molar-refractivity contribution in [1.82, 2.24) is 4.90 Å². The van der Waals surface area contributed by atoms with Crippen LogP contribution in [0.3, 0.4) is 0 Å². The van der Waals surface area contributed by atoms with Gasteiger partial charge in [-0.05, 0) is 18.1 Å². The van der Waals surface area contributed by atoms with Crippen molar-refractivity contribution in [3.63, 3.8) is 0 Å². The standard InChI is InChI=1S/C11H14N2O2/c1-13-3-2-7-4-8(6-14)10(12)5-9(7)11(13)15/h4-5,14H,2-3,6,12H2,1H3. The van der Waals surface area contributed by atoms with Gasteiger partial charge in [-0.3, -0.25) is 4.79 Å². The Labute approximate surface area is 88.3 Å². The summed E-state index contributed by atoms with van der Waals surface area (Å²) in [6.07, 6.45) is 0.824. The van der Waals surface area contributed by atoms with Gasteiger partial charge < -0.3 is 15.7 Å². The molecular weight excluding hydrogens is 192 g/mol. The molecule has 0 bridgehead atoms. The van der Waals surface area contributed by atoms with Gasteiger partial charge in [-0.25, -0.2) is 0 Å². The topological polar surface area (TPSA) is 66.6 Å². The molecule has 0 radical (unpaired) electrons. The van der Waals surface area contributed by atoms with Gasteiger partial charge in [0.05, 0.1) is 6.61 Å². The van der Waals surface area contributed by atoms with Crippen molar-refractivity contribution >= 4 is 11.6 Å². The average Bonchev–Trinajstić information content (AvgIpc) is 2.24. The summed E-state index contributed by atoms with van der Waals surface area (Å²) in [5.74, 6) is 0.00689. The predicted octanol–water partition coefficient (Wildman–Crippen LogP) is 0.389. The summed E-state index contributed by atoms with van der Waals surface area (Å²) in [5.41, 5.74) is 8.57. The molecule has 15 heavy (non-hydrogen) atoms. The monoisotopic (exact) mass is 206 g/mol. The maximum atomic E-state index is 11.8. The molecule has 0 fully saturated rings. The highest BCUT2D eigenvalue weighted by atomic mass is 16.3. The van der Waals surface area contributed by atoms with E-state index in [0.717, 1.165) is 18.5 Å². The molecule has 0 aromatic heterocycles. The highest BCUT2D eigenvalue weighted by Crippen LogP contribution is 2.24. The molecule has 80 valence electrons. The molecule has 1 amide bonds. The minimum absolute atomic E-state index is 0.00689. The van der Waals surface area contributed by atoms with Crippen LogP contribution in [0.25, 0.3) is 0 Å². The van der Waals surface area contributed by atoms with E-state index in [1.54, 1.807) is 18.0 Å². The van der Waals surface area contributed by atoms with Crippen LogP contribution in [0.4, 0.5) is 5.69 Å². The SMILES string of the molecule is CN1CCc2cc(CO)c(N)cc2C1=O. The molecule has 0 saturated carbocycles. The fourth-order valence-electron chi connectivity index (χ4n) is 1.85. The van der Waals surface area contributed by atoms with Gasteiger partial charge in [0.15, 0.2) is 0 Å². The van der Waals surface area contributed by atoms with Gasteiger partial charge in [0.25, 0.3) is 5.91 Å². The third-order valence-corrected chi connectivity index (χ3v) is 2.83. The third kappa shape index (κ3) is 1.57. The van der Waals surface area contributed by atoms with Crippen LogP contribution in [-0.2, 0) is 13.0 Å². The van der Waals surface area contributed by atoms with Crippen molar-refractivity contribution in [1.29, 1.82) is 0 Å². The van der Waals surface area contributed by atoms with Crippen LogP contribution in [0, 0.1) is 0 Å². The number of fused-ring (bicyclic) bond motifs is 1. The van der Waals surface area contributed by atoms with Gasteiger partial charge >= 0.3 is 0 Å². The average molecular weight is 206 g/mol. The zero-order valence-electron chi connectivity index (χ0n) is 8.66. The number of likely N-dealkylation sites (N-methyl/N-ethyl adjacent to an activating group) is 1. The van der Waals surface area contributed by atoms with Crippen LogP contribution < -0.4 is 5.73 Å². The molecule has 0 spiro atoms. The lowest BCUT2D eigenvalue weighted by Gasteiger charge is -2.25. The number of rotatable bonds is 1. The first-order valence-corrected chi connectivity index (χ1v) is 4.91. The van der Waals surface area contributed by atoms with Crippen LogP contribution >= 0.6 is 0 Å². The van der Waals surface area contributed by atoms with E-state index in [2.05, 4.69) is 0 Å². The predicted molar refractivity (Wildman–Crippen MR) is 57.4 cm³/mol. The highest BCUT2D eigenvalue weighted by molar-refractivity contribution is 5.97. The number of aliphatic hydroxyl groups excluding tert-OH is 1. The zero-order valence-corrected chi connectivity index (χ0v) is 8.66. The lowest BCUT2D eigenvalue weighted by atomic mass is 9.96. The summed E-state index contributed by atoms with van der Waals surface area (Å²) in [7, 11) is 1.78. The fraction of sp³-hybridized carbons (Fsp3) is 0.364. The maximum absolute atomic E-state index is 11.8. The summed E-state index contributed by atoms with van der Waals surface area (Å²) in [4.78, 5) is 13.5. The Kier molecular flexibility index (Phi) is 2.36. The number of anilines is 1. The molecule has 1 aliphatic heterocycles. The Hall–Kier alpha value is -1.55. The second-order valence-electron chi connectivity index (χ2n) is 3.84. The van der Waals surface area contributed by atoms with E-state index in [9.17, 15) is 4.79 Å². The molecule has 1 aromatic rings. The molecule has 2 rings (SSSR count). The lowest BCUT2D eigenvalue weighted by molar-refractivity contribution is 0.0781. The van der Waals surface area contributed by atoms with E-state index in [1.165, 1.54) is 0 Å². The van der Waals surface area contributed by atoms with Gasteiger partial charge in [-0.1, -0.05) is 6.07 Å². The normalized spacial score (nSPS) is 15.3. The Morgan fingerprint density at radius 1 is 1.53 bits per heavy atom. The molecule has 4 nitrogen and oxygen atoms in total. The van der Waals surface area contributed by atoms with Crippen LogP contribution in [0.2, 0.25) is 0 Å². The van der Waals surface area contributed by atoms with Crippen molar-refractivity contribution in [2.45, 2.75) is 13.0 Å². The largest absolute Gasteiger partial charge is 0.398 e. The fourth-order valence-corrected chi connectivity index (χ4v) is 1.85. The second-order valence-corrected chi connectivity index (χ2v) is 3.84. The number of hydrogen-bond donors (Lipinski definition) is 2. The van der Waals surface area contributed by atoms with Crippen LogP contribution in [0.15, 0.2) is 12.1 Å². The number of carbonyl (C=O) groups excluding carboxylic acids is 1. The number of aliphatic hydroxyl groups is 1. The van der Waals surface area contributed by atoms with Gasteiger partial charge in [0.2, 0.25) is 0 Å². The van der Waals surface area contributed by atoms with Crippen LogP contribution in [0.5, 0.6) is 0 Å². The molecule has 1 aromatic carbocycles. The van der Waals surface area contributed by atoms with Crippen molar-refractivity contribution < 1.29 is 9.90 Å². The molecule has 4 heteroatoms. The number of hydrogen-bond acceptors (Lipinski definition) is 3. The molecule has 0 saturated heterocycles. The van der Waals surface area contributed by atoms with Crippen molar-refractivity contribution in [2.24, 2.45) is 0 Å². The summed E-state index contributed by atoms with van der Waals surface area (Å²) in [6, 6.07) is 3.49. The summed E-state index contributed by atoms with van der Waals surface area (Å²) in [5, 5.41) is 9.06. The Morgan fingerprint density at radius 3 is 2.93 bits per heavy atom. The van der Waals surface area contributed by atoms with Crippen molar-refractivity contribution in [3.05, 3.63) is 28.8 Å². The quantitative estimate of drug-likeness (QED) is 0.653. The van der Waals surface area contributed by atoms with Crippen LogP contribution in [-0.4, -0.2) is 29.5 Å². The molecular formula is C11H14N2O2. The first kappa shape index (κ1) is 9.98.